The zero-order valence-corrected chi connectivity index (χ0v) is 6.16. The number of nitrogen functional groups attached to an aromatic ring is 1. The number of nitrogens with zero attached hydrogens (tertiary/aromatic N) is 1. The molecule has 0 amide bonds. The third kappa shape index (κ3) is 1.18. The normalized spacial score (nSPS) is 9.40. The third-order valence-electron chi connectivity index (χ3n) is 1.40. The number of nitrogens with two attached hydrogens (primary N) is 1. The summed E-state index contributed by atoms with van der Waals surface area (Å²) in [5.74, 6) is 1.48. The van der Waals surface area contributed by atoms with Crippen LogP contribution in [0.15, 0.2) is 18.3 Å². The highest BCUT2D eigenvalue weighted by molar-refractivity contribution is 5.30. The van der Waals surface area contributed by atoms with Crippen molar-refractivity contribution < 1.29 is 9.30 Å². The fourth-order valence-corrected chi connectivity index (χ4v) is 0.694. The number of rotatable bonds is 1. The molecule has 0 aromatic carbocycles. The van der Waals surface area contributed by atoms with E-state index in [1.54, 1.807) is 13.2 Å². The standard InChI is InChI=1S/C7H10N2O/c1-9-4-3-6(10-2)5-7(9)8/h3-5,8H,1-2H3/p+1. The van der Waals surface area contributed by atoms with Crippen molar-refractivity contribution in [3.05, 3.63) is 18.3 Å². The largest absolute Gasteiger partial charge is 0.496 e. The topological polar surface area (TPSA) is 39.1 Å². The Morgan fingerprint density at radius 1 is 1.60 bits per heavy atom. The van der Waals surface area contributed by atoms with Gasteiger partial charge in [0.15, 0.2) is 0 Å². The zero-order chi connectivity index (χ0) is 7.56. The van der Waals surface area contributed by atoms with E-state index in [-0.39, 0.29) is 0 Å². The van der Waals surface area contributed by atoms with E-state index in [1.165, 1.54) is 0 Å². The molecule has 0 saturated heterocycles. The highest BCUT2D eigenvalue weighted by atomic mass is 16.5. The van der Waals surface area contributed by atoms with Gasteiger partial charge in [-0.3, -0.25) is 5.73 Å². The molecule has 1 aromatic rings. The van der Waals surface area contributed by atoms with Crippen molar-refractivity contribution in [1.29, 1.82) is 0 Å². The molecule has 1 rings (SSSR count). The van der Waals surface area contributed by atoms with Gasteiger partial charge < -0.3 is 4.74 Å². The monoisotopic (exact) mass is 139 g/mol. The number of ether oxygens (including phenoxy) is 1. The molecule has 0 fully saturated rings. The molecule has 0 spiro atoms. The lowest BCUT2D eigenvalue weighted by Crippen LogP contribution is -2.31. The molecule has 1 aromatic heterocycles. The molecule has 1 heterocycles. The van der Waals surface area contributed by atoms with E-state index >= 15 is 0 Å². The number of aromatic nitrogens is 1. The van der Waals surface area contributed by atoms with Gasteiger partial charge in [-0.2, -0.15) is 0 Å². The van der Waals surface area contributed by atoms with Crippen LogP contribution >= 0.6 is 0 Å². The van der Waals surface area contributed by atoms with Crippen LogP contribution in [-0.4, -0.2) is 7.11 Å². The first-order valence-electron chi connectivity index (χ1n) is 3.03. The Balaban J connectivity index is 3.04. The average molecular weight is 139 g/mol. The lowest BCUT2D eigenvalue weighted by atomic mass is 10.4. The molecule has 0 radical (unpaired) electrons. The van der Waals surface area contributed by atoms with Gasteiger partial charge in [0.1, 0.15) is 5.75 Å². The Morgan fingerprint density at radius 2 is 2.30 bits per heavy atom. The Kier molecular flexibility index (Phi) is 1.76. The molecule has 0 aliphatic heterocycles. The maximum absolute atomic E-state index is 5.58. The first-order valence-corrected chi connectivity index (χ1v) is 3.03. The Bertz CT molecular complexity index is 235. The molecule has 54 valence electrons. The summed E-state index contributed by atoms with van der Waals surface area (Å²) in [6.07, 6.45) is 1.86. The van der Waals surface area contributed by atoms with Crippen LogP contribution in [0.1, 0.15) is 0 Å². The van der Waals surface area contributed by atoms with Gasteiger partial charge in [0, 0.05) is 6.07 Å². The van der Waals surface area contributed by atoms with Crippen LogP contribution in [-0.2, 0) is 7.05 Å². The molecule has 0 bridgehead atoms. The molecule has 0 atom stereocenters. The van der Waals surface area contributed by atoms with Gasteiger partial charge in [0.05, 0.1) is 26.4 Å². The third-order valence-corrected chi connectivity index (χ3v) is 1.40. The summed E-state index contributed by atoms with van der Waals surface area (Å²) in [4.78, 5) is 0. The average Bonchev–Trinajstić information content (AvgIpc) is 1.95. The maximum Gasteiger partial charge on any atom is 0.275 e. The van der Waals surface area contributed by atoms with Gasteiger partial charge in [-0.05, 0) is 0 Å². The first kappa shape index (κ1) is 6.86. The Hall–Kier alpha value is -1.25. The predicted octanol–water partition coefficient (Wildman–Crippen LogP) is 0.102. The van der Waals surface area contributed by atoms with Gasteiger partial charge in [-0.1, -0.05) is 0 Å². The number of anilines is 1. The molecule has 10 heavy (non-hydrogen) atoms. The maximum atomic E-state index is 5.58. The Morgan fingerprint density at radius 3 is 2.80 bits per heavy atom. The van der Waals surface area contributed by atoms with Gasteiger partial charge in [0.25, 0.3) is 5.82 Å². The zero-order valence-electron chi connectivity index (χ0n) is 6.16. The van der Waals surface area contributed by atoms with E-state index in [4.69, 9.17) is 10.5 Å². The molecule has 2 N–H and O–H groups in total. The van der Waals surface area contributed by atoms with Crippen LogP contribution in [0.4, 0.5) is 5.82 Å². The fourth-order valence-electron chi connectivity index (χ4n) is 0.694. The van der Waals surface area contributed by atoms with Crippen molar-refractivity contribution >= 4 is 5.82 Å². The molecule has 3 heteroatoms. The van der Waals surface area contributed by atoms with E-state index in [1.807, 2.05) is 23.9 Å². The molecule has 0 aliphatic rings. The summed E-state index contributed by atoms with van der Waals surface area (Å²) in [7, 11) is 3.50. The minimum Gasteiger partial charge on any atom is -0.496 e. The second-order valence-electron chi connectivity index (χ2n) is 2.10. The van der Waals surface area contributed by atoms with Gasteiger partial charge in [-0.15, -0.1) is 0 Å². The van der Waals surface area contributed by atoms with E-state index in [9.17, 15) is 0 Å². The lowest BCUT2D eigenvalue weighted by Gasteiger charge is -1.98. The highest BCUT2D eigenvalue weighted by Gasteiger charge is 1.99. The minimum atomic E-state index is 0.694. The first-order chi connectivity index (χ1) is 4.74. The predicted molar refractivity (Wildman–Crippen MR) is 38.6 cm³/mol. The SMILES string of the molecule is COc1cc[n+](C)c(N)c1. The van der Waals surface area contributed by atoms with Gasteiger partial charge in [-0.25, -0.2) is 4.57 Å². The number of methoxy groups -OCH3 is 1. The van der Waals surface area contributed by atoms with Crippen molar-refractivity contribution in [3.8, 4) is 5.75 Å². The van der Waals surface area contributed by atoms with Crippen molar-refractivity contribution in [2.75, 3.05) is 12.8 Å². The van der Waals surface area contributed by atoms with Crippen LogP contribution < -0.4 is 15.0 Å². The molecule has 0 saturated carbocycles. The fraction of sp³-hybridized carbons (Fsp3) is 0.286. The quantitative estimate of drug-likeness (QED) is 0.560. The minimum absolute atomic E-state index is 0.694. The van der Waals surface area contributed by atoms with E-state index in [0.29, 0.717) is 5.82 Å². The second kappa shape index (κ2) is 2.56. The highest BCUT2D eigenvalue weighted by Crippen LogP contribution is 2.08. The number of aryl methyl sites for hydroxylation is 1. The van der Waals surface area contributed by atoms with E-state index in [0.717, 1.165) is 5.75 Å². The van der Waals surface area contributed by atoms with Crippen LogP contribution in [0.2, 0.25) is 0 Å². The molecular weight excluding hydrogens is 128 g/mol. The van der Waals surface area contributed by atoms with Crippen LogP contribution in [0.25, 0.3) is 0 Å². The second-order valence-corrected chi connectivity index (χ2v) is 2.10. The van der Waals surface area contributed by atoms with E-state index in [2.05, 4.69) is 0 Å². The number of hydrogen-bond acceptors (Lipinski definition) is 2. The van der Waals surface area contributed by atoms with E-state index < -0.39 is 0 Å². The van der Waals surface area contributed by atoms with Gasteiger partial charge >= 0.3 is 0 Å². The summed E-state index contributed by atoms with van der Waals surface area (Å²) in [6.45, 7) is 0. The van der Waals surface area contributed by atoms with Crippen LogP contribution in [0.3, 0.4) is 0 Å². The molecule has 3 nitrogen and oxygen atoms in total. The van der Waals surface area contributed by atoms with Gasteiger partial charge in [0.2, 0.25) is 0 Å². The van der Waals surface area contributed by atoms with Crippen molar-refractivity contribution in [1.82, 2.24) is 0 Å². The molecule has 0 aliphatic carbocycles. The Labute approximate surface area is 60.0 Å². The summed E-state index contributed by atoms with van der Waals surface area (Å²) in [5.41, 5.74) is 5.58. The smallest absolute Gasteiger partial charge is 0.275 e. The lowest BCUT2D eigenvalue weighted by molar-refractivity contribution is -0.656. The molecule has 0 unspecified atom stereocenters. The van der Waals surface area contributed by atoms with Crippen molar-refractivity contribution in [2.45, 2.75) is 0 Å². The summed E-state index contributed by atoms with van der Waals surface area (Å²) in [6, 6.07) is 3.64. The number of pyridine rings is 1. The summed E-state index contributed by atoms with van der Waals surface area (Å²) >= 11 is 0. The summed E-state index contributed by atoms with van der Waals surface area (Å²) in [5, 5.41) is 0. The van der Waals surface area contributed by atoms with Crippen LogP contribution in [0, 0.1) is 0 Å². The van der Waals surface area contributed by atoms with Crippen molar-refractivity contribution in [3.63, 3.8) is 0 Å². The van der Waals surface area contributed by atoms with Crippen LogP contribution in [0.5, 0.6) is 5.75 Å². The van der Waals surface area contributed by atoms with Crippen molar-refractivity contribution in [2.24, 2.45) is 7.05 Å². The number of hydrogen-bond donors (Lipinski definition) is 1. The molecular formula is C7H11N2O+. The summed E-state index contributed by atoms with van der Waals surface area (Å²) < 4.78 is 6.78.